The van der Waals surface area contributed by atoms with E-state index in [0.29, 0.717) is 21.8 Å². The fraction of sp³-hybridized carbons (Fsp3) is 0.462. The molecule has 98 valence electrons. The van der Waals surface area contributed by atoms with Crippen LogP contribution in [0.4, 0.5) is 11.4 Å². The molecule has 4 nitrogen and oxygen atoms in total. The number of hydrogen-bond acceptors (Lipinski definition) is 4. The Labute approximate surface area is 111 Å². The molecule has 0 radical (unpaired) electrons. The molecule has 0 aliphatic carbocycles. The number of aromatic carboxylic acids is 1. The first-order chi connectivity index (χ1) is 8.47. The molecule has 0 spiro atoms. The lowest BCUT2D eigenvalue weighted by Crippen LogP contribution is -2.41. The van der Waals surface area contributed by atoms with Gasteiger partial charge in [-0.25, -0.2) is 4.79 Å². The molecule has 1 aliphatic heterocycles. The van der Waals surface area contributed by atoms with Crippen molar-refractivity contribution in [2.45, 2.75) is 24.3 Å². The molecule has 5 heteroatoms. The standard InChI is InChI=1S/C13H18N2O2S/c1-8-6-15(7-9(2)18-8)12-4-3-10(14)5-11(12)13(16)17/h3-5,8-9H,6-7,14H2,1-2H3,(H,16,17). The first-order valence-corrected chi connectivity index (χ1v) is 6.95. The molecule has 1 saturated heterocycles. The van der Waals surface area contributed by atoms with Crippen molar-refractivity contribution in [3.8, 4) is 0 Å². The third-order valence-corrected chi connectivity index (χ3v) is 4.24. The van der Waals surface area contributed by atoms with E-state index in [0.717, 1.165) is 18.8 Å². The van der Waals surface area contributed by atoms with E-state index in [1.165, 1.54) is 6.07 Å². The van der Waals surface area contributed by atoms with Crippen LogP contribution in [0.15, 0.2) is 18.2 Å². The van der Waals surface area contributed by atoms with Crippen LogP contribution in [0.25, 0.3) is 0 Å². The monoisotopic (exact) mass is 266 g/mol. The molecule has 1 aromatic rings. The molecule has 0 saturated carbocycles. The Morgan fingerprint density at radius 3 is 2.56 bits per heavy atom. The van der Waals surface area contributed by atoms with Gasteiger partial charge in [0, 0.05) is 29.3 Å². The van der Waals surface area contributed by atoms with Gasteiger partial charge in [-0.1, -0.05) is 13.8 Å². The molecular weight excluding hydrogens is 248 g/mol. The Hall–Kier alpha value is -1.36. The Kier molecular flexibility index (Phi) is 3.71. The zero-order valence-electron chi connectivity index (χ0n) is 10.6. The smallest absolute Gasteiger partial charge is 0.337 e. The van der Waals surface area contributed by atoms with Crippen molar-refractivity contribution in [1.29, 1.82) is 0 Å². The molecule has 0 amide bonds. The van der Waals surface area contributed by atoms with Crippen molar-refractivity contribution >= 4 is 29.1 Å². The molecule has 0 bridgehead atoms. The molecule has 18 heavy (non-hydrogen) atoms. The number of benzene rings is 1. The van der Waals surface area contributed by atoms with Crippen LogP contribution < -0.4 is 10.6 Å². The number of thioether (sulfide) groups is 1. The van der Waals surface area contributed by atoms with Gasteiger partial charge in [0.1, 0.15) is 0 Å². The Bertz CT molecular complexity index is 454. The third kappa shape index (κ3) is 2.72. The number of carboxylic acids is 1. The van der Waals surface area contributed by atoms with Crippen molar-refractivity contribution in [2.24, 2.45) is 0 Å². The van der Waals surface area contributed by atoms with Crippen LogP contribution in [0, 0.1) is 0 Å². The summed E-state index contributed by atoms with van der Waals surface area (Å²) in [7, 11) is 0. The minimum atomic E-state index is -0.921. The lowest BCUT2D eigenvalue weighted by Gasteiger charge is -2.36. The van der Waals surface area contributed by atoms with Crippen LogP contribution in [-0.2, 0) is 0 Å². The fourth-order valence-electron chi connectivity index (χ4n) is 2.38. The van der Waals surface area contributed by atoms with Crippen molar-refractivity contribution in [3.63, 3.8) is 0 Å². The van der Waals surface area contributed by atoms with Gasteiger partial charge in [0.25, 0.3) is 0 Å². The third-order valence-electron chi connectivity index (χ3n) is 3.01. The van der Waals surface area contributed by atoms with E-state index in [-0.39, 0.29) is 0 Å². The minimum Gasteiger partial charge on any atom is -0.478 e. The van der Waals surface area contributed by atoms with Gasteiger partial charge in [-0.3, -0.25) is 0 Å². The van der Waals surface area contributed by atoms with Crippen molar-refractivity contribution < 1.29 is 9.90 Å². The van der Waals surface area contributed by atoms with Crippen LogP contribution in [0.2, 0.25) is 0 Å². The molecule has 2 rings (SSSR count). The number of carbonyl (C=O) groups is 1. The normalized spacial score (nSPS) is 24.0. The summed E-state index contributed by atoms with van der Waals surface area (Å²) in [6.45, 7) is 6.09. The summed E-state index contributed by atoms with van der Waals surface area (Å²) in [6, 6.07) is 5.11. The molecule has 2 atom stereocenters. The summed E-state index contributed by atoms with van der Waals surface area (Å²) in [5, 5.41) is 10.3. The number of nitrogen functional groups attached to an aromatic ring is 1. The average molecular weight is 266 g/mol. The first kappa shape index (κ1) is 13.1. The van der Waals surface area contributed by atoms with Crippen LogP contribution in [-0.4, -0.2) is 34.7 Å². The van der Waals surface area contributed by atoms with Crippen molar-refractivity contribution in [2.75, 3.05) is 23.7 Å². The molecular formula is C13H18N2O2S. The second-order valence-corrected chi connectivity index (χ2v) is 6.63. The molecule has 0 aromatic heterocycles. The highest BCUT2D eigenvalue weighted by molar-refractivity contribution is 8.00. The molecule has 1 aliphatic rings. The predicted molar refractivity (Wildman–Crippen MR) is 76.5 cm³/mol. The lowest BCUT2D eigenvalue weighted by atomic mass is 10.1. The maximum atomic E-state index is 11.3. The van der Waals surface area contributed by atoms with Gasteiger partial charge in [-0.15, -0.1) is 0 Å². The zero-order valence-corrected chi connectivity index (χ0v) is 11.4. The second-order valence-electron chi connectivity index (χ2n) is 4.74. The number of carboxylic acid groups (broad SMARTS) is 1. The van der Waals surface area contributed by atoms with Gasteiger partial charge in [0.05, 0.1) is 11.3 Å². The summed E-state index contributed by atoms with van der Waals surface area (Å²) in [4.78, 5) is 13.4. The average Bonchev–Trinajstić information content (AvgIpc) is 2.27. The summed E-state index contributed by atoms with van der Waals surface area (Å²) < 4.78 is 0. The minimum absolute atomic E-state index is 0.293. The van der Waals surface area contributed by atoms with Crippen molar-refractivity contribution in [3.05, 3.63) is 23.8 Å². The number of hydrogen-bond donors (Lipinski definition) is 2. The summed E-state index contributed by atoms with van der Waals surface area (Å²) in [6.07, 6.45) is 0. The van der Waals surface area contributed by atoms with E-state index in [4.69, 9.17) is 5.73 Å². The Morgan fingerprint density at radius 1 is 1.39 bits per heavy atom. The number of nitrogens with two attached hydrogens (primary N) is 1. The lowest BCUT2D eigenvalue weighted by molar-refractivity contribution is 0.0697. The first-order valence-electron chi connectivity index (χ1n) is 6.00. The molecule has 1 heterocycles. The highest BCUT2D eigenvalue weighted by Gasteiger charge is 2.25. The number of rotatable bonds is 2. The highest BCUT2D eigenvalue weighted by atomic mass is 32.2. The van der Waals surface area contributed by atoms with E-state index in [9.17, 15) is 9.90 Å². The largest absolute Gasteiger partial charge is 0.478 e. The van der Waals surface area contributed by atoms with E-state index in [2.05, 4.69) is 18.7 Å². The van der Waals surface area contributed by atoms with Crippen LogP contribution in [0.5, 0.6) is 0 Å². The van der Waals surface area contributed by atoms with Crippen LogP contribution >= 0.6 is 11.8 Å². The summed E-state index contributed by atoms with van der Waals surface area (Å²) >= 11 is 1.94. The van der Waals surface area contributed by atoms with Crippen LogP contribution in [0.3, 0.4) is 0 Å². The molecule has 2 unspecified atom stereocenters. The Balaban J connectivity index is 2.35. The number of anilines is 2. The second kappa shape index (κ2) is 5.10. The van der Waals surface area contributed by atoms with E-state index < -0.39 is 5.97 Å². The van der Waals surface area contributed by atoms with Gasteiger partial charge in [0.15, 0.2) is 0 Å². The van der Waals surface area contributed by atoms with Gasteiger partial charge < -0.3 is 15.7 Å². The highest BCUT2D eigenvalue weighted by Crippen LogP contribution is 2.31. The van der Waals surface area contributed by atoms with Crippen molar-refractivity contribution in [1.82, 2.24) is 0 Å². The maximum Gasteiger partial charge on any atom is 0.337 e. The molecule has 3 N–H and O–H groups in total. The SMILES string of the molecule is CC1CN(c2ccc(N)cc2C(=O)O)CC(C)S1. The maximum absolute atomic E-state index is 11.3. The topological polar surface area (TPSA) is 66.6 Å². The Morgan fingerprint density at radius 2 is 2.00 bits per heavy atom. The predicted octanol–water partition coefficient (Wildman–Crippen LogP) is 2.30. The number of nitrogens with zero attached hydrogens (tertiary/aromatic N) is 1. The van der Waals surface area contributed by atoms with E-state index >= 15 is 0 Å². The summed E-state index contributed by atoms with van der Waals surface area (Å²) in [5.74, 6) is -0.921. The molecule has 1 aromatic carbocycles. The van der Waals surface area contributed by atoms with Gasteiger partial charge in [0.2, 0.25) is 0 Å². The zero-order chi connectivity index (χ0) is 13.3. The van der Waals surface area contributed by atoms with E-state index in [1.54, 1.807) is 6.07 Å². The van der Waals surface area contributed by atoms with E-state index in [1.807, 2.05) is 17.8 Å². The molecule has 1 fully saturated rings. The fourth-order valence-corrected chi connectivity index (χ4v) is 3.70. The summed E-state index contributed by atoms with van der Waals surface area (Å²) in [5.41, 5.74) is 7.22. The van der Waals surface area contributed by atoms with Gasteiger partial charge >= 0.3 is 5.97 Å². The quantitative estimate of drug-likeness (QED) is 0.804. The van der Waals surface area contributed by atoms with Gasteiger partial charge in [-0.2, -0.15) is 11.8 Å². The van der Waals surface area contributed by atoms with Crippen LogP contribution in [0.1, 0.15) is 24.2 Å². The van der Waals surface area contributed by atoms with Gasteiger partial charge in [-0.05, 0) is 18.2 Å².